The van der Waals surface area contributed by atoms with Gasteiger partial charge in [0.15, 0.2) is 0 Å². The van der Waals surface area contributed by atoms with Crippen LogP contribution in [0.1, 0.15) is 24.4 Å². The van der Waals surface area contributed by atoms with Gasteiger partial charge in [0.25, 0.3) is 0 Å². The van der Waals surface area contributed by atoms with Crippen molar-refractivity contribution in [3.05, 3.63) is 54.1 Å². The van der Waals surface area contributed by atoms with E-state index in [4.69, 9.17) is 9.47 Å². The monoisotopic (exact) mass is 347 g/mol. The summed E-state index contributed by atoms with van der Waals surface area (Å²) in [4.78, 5) is 0.318. The molecule has 24 heavy (non-hydrogen) atoms. The van der Waals surface area contributed by atoms with Crippen LogP contribution in [0.4, 0.5) is 0 Å². The van der Waals surface area contributed by atoms with Gasteiger partial charge in [-0.2, -0.15) is 4.31 Å². The topological polar surface area (TPSA) is 55.8 Å². The Kier molecular flexibility index (Phi) is 4.78. The number of rotatable bonds is 5. The maximum atomic E-state index is 13.0. The third kappa shape index (κ3) is 2.99. The van der Waals surface area contributed by atoms with Crippen LogP contribution in [-0.4, -0.2) is 33.5 Å². The standard InChI is InChI=1S/C18H21NO4S/c1-22-14-10-11-18(23-2)16(13-14)17-9-6-12-19(17)24(20,21)15-7-4-3-5-8-15/h3-5,7-8,10-11,13,17H,6,9,12H2,1-2H3/t17-/m0/s1. The predicted molar refractivity (Wildman–Crippen MR) is 91.9 cm³/mol. The van der Waals surface area contributed by atoms with Crippen LogP contribution < -0.4 is 9.47 Å². The third-order valence-corrected chi connectivity index (χ3v) is 6.27. The Balaban J connectivity index is 2.03. The van der Waals surface area contributed by atoms with Crippen molar-refractivity contribution in [3.8, 4) is 11.5 Å². The van der Waals surface area contributed by atoms with Gasteiger partial charge in [0.2, 0.25) is 10.0 Å². The van der Waals surface area contributed by atoms with Gasteiger partial charge in [-0.05, 0) is 43.2 Å². The largest absolute Gasteiger partial charge is 0.497 e. The lowest BCUT2D eigenvalue weighted by Gasteiger charge is -2.26. The minimum atomic E-state index is -3.54. The van der Waals surface area contributed by atoms with Gasteiger partial charge in [-0.1, -0.05) is 18.2 Å². The van der Waals surface area contributed by atoms with Gasteiger partial charge in [-0.25, -0.2) is 8.42 Å². The van der Waals surface area contributed by atoms with Crippen LogP contribution in [0.3, 0.4) is 0 Å². The average Bonchev–Trinajstić information content (AvgIpc) is 3.12. The summed E-state index contributed by atoms with van der Waals surface area (Å²) in [6.07, 6.45) is 1.58. The second-order valence-corrected chi connectivity index (χ2v) is 7.59. The number of benzene rings is 2. The molecule has 1 saturated heterocycles. The Hall–Kier alpha value is -2.05. The second-order valence-electron chi connectivity index (χ2n) is 5.69. The van der Waals surface area contributed by atoms with Crippen LogP contribution in [-0.2, 0) is 10.0 Å². The van der Waals surface area contributed by atoms with Gasteiger partial charge in [-0.15, -0.1) is 0 Å². The van der Waals surface area contributed by atoms with Crippen LogP contribution in [0.25, 0.3) is 0 Å². The Bertz CT molecular complexity index is 805. The minimum absolute atomic E-state index is 0.250. The molecule has 2 aromatic carbocycles. The van der Waals surface area contributed by atoms with Crippen molar-refractivity contribution >= 4 is 10.0 Å². The first kappa shape index (κ1) is 16.8. The Morgan fingerprint density at radius 3 is 2.46 bits per heavy atom. The van der Waals surface area contributed by atoms with Gasteiger partial charge < -0.3 is 9.47 Å². The number of hydrogen-bond acceptors (Lipinski definition) is 4. The SMILES string of the molecule is COc1ccc(OC)c([C@@H]2CCCN2S(=O)(=O)c2ccccc2)c1. The van der Waals surface area contributed by atoms with Crippen LogP contribution >= 0.6 is 0 Å². The molecule has 0 N–H and O–H groups in total. The molecular formula is C18H21NO4S. The lowest BCUT2D eigenvalue weighted by atomic mass is 10.0. The molecule has 6 heteroatoms. The molecule has 1 atom stereocenters. The number of ether oxygens (including phenoxy) is 2. The van der Waals surface area contributed by atoms with Crippen molar-refractivity contribution in [3.63, 3.8) is 0 Å². The summed E-state index contributed by atoms with van der Waals surface area (Å²) in [7, 11) is -0.354. The van der Waals surface area contributed by atoms with E-state index in [0.717, 1.165) is 18.4 Å². The van der Waals surface area contributed by atoms with E-state index < -0.39 is 10.0 Å². The first-order valence-corrected chi connectivity index (χ1v) is 9.30. The number of nitrogens with zero attached hydrogens (tertiary/aromatic N) is 1. The van der Waals surface area contributed by atoms with E-state index in [0.29, 0.717) is 22.9 Å². The first-order chi connectivity index (χ1) is 11.6. The summed E-state index contributed by atoms with van der Waals surface area (Å²) in [6, 6.07) is 13.8. The molecule has 0 aliphatic carbocycles. The molecule has 1 aliphatic rings. The first-order valence-electron chi connectivity index (χ1n) is 7.86. The van der Waals surface area contributed by atoms with Crippen molar-refractivity contribution in [2.24, 2.45) is 0 Å². The summed E-state index contributed by atoms with van der Waals surface area (Å²) in [5.41, 5.74) is 0.842. The van der Waals surface area contributed by atoms with Gasteiger partial charge in [0.05, 0.1) is 25.2 Å². The summed E-state index contributed by atoms with van der Waals surface area (Å²) in [5.74, 6) is 1.37. The third-order valence-electron chi connectivity index (χ3n) is 4.35. The summed E-state index contributed by atoms with van der Waals surface area (Å²) < 4.78 is 38.4. The molecule has 1 fully saturated rings. The van der Waals surface area contributed by atoms with Gasteiger partial charge in [0.1, 0.15) is 11.5 Å². The molecule has 5 nitrogen and oxygen atoms in total. The van der Waals surface area contributed by atoms with E-state index in [-0.39, 0.29) is 6.04 Å². The number of hydrogen-bond donors (Lipinski definition) is 0. The highest BCUT2D eigenvalue weighted by Gasteiger charge is 2.37. The van der Waals surface area contributed by atoms with E-state index in [2.05, 4.69) is 0 Å². The zero-order chi connectivity index (χ0) is 17.2. The second kappa shape index (κ2) is 6.83. The normalized spacial score (nSPS) is 18.5. The van der Waals surface area contributed by atoms with Crippen LogP contribution in [0, 0.1) is 0 Å². The van der Waals surface area contributed by atoms with Gasteiger partial charge in [0, 0.05) is 12.1 Å². The van der Waals surface area contributed by atoms with Crippen molar-refractivity contribution in [1.29, 1.82) is 0 Å². The maximum absolute atomic E-state index is 13.0. The molecule has 1 aliphatic heterocycles. The van der Waals surface area contributed by atoms with Crippen molar-refractivity contribution in [1.82, 2.24) is 4.31 Å². The zero-order valence-corrected chi connectivity index (χ0v) is 14.6. The Labute approximate surface area is 142 Å². The summed E-state index contributed by atoms with van der Waals surface area (Å²) in [6.45, 7) is 0.502. The van der Waals surface area contributed by atoms with E-state index in [9.17, 15) is 8.42 Å². The lowest BCUT2D eigenvalue weighted by molar-refractivity contribution is 0.361. The summed E-state index contributed by atoms with van der Waals surface area (Å²) in [5, 5.41) is 0. The number of methoxy groups -OCH3 is 2. The van der Waals surface area contributed by atoms with E-state index in [1.54, 1.807) is 42.8 Å². The van der Waals surface area contributed by atoms with Crippen LogP contribution in [0.5, 0.6) is 11.5 Å². The molecule has 2 aromatic rings. The molecule has 0 saturated carbocycles. The van der Waals surface area contributed by atoms with E-state index >= 15 is 0 Å². The quantitative estimate of drug-likeness (QED) is 0.833. The Morgan fingerprint density at radius 2 is 1.79 bits per heavy atom. The molecule has 0 aromatic heterocycles. The van der Waals surface area contributed by atoms with Crippen molar-refractivity contribution in [2.75, 3.05) is 20.8 Å². The van der Waals surface area contributed by atoms with Crippen LogP contribution in [0.15, 0.2) is 53.4 Å². The fourth-order valence-corrected chi connectivity index (χ4v) is 4.86. The zero-order valence-electron chi connectivity index (χ0n) is 13.8. The smallest absolute Gasteiger partial charge is 0.243 e. The highest BCUT2D eigenvalue weighted by Crippen LogP contribution is 2.41. The maximum Gasteiger partial charge on any atom is 0.243 e. The lowest BCUT2D eigenvalue weighted by Crippen LogP contribution is -2.30. The molecule has 0 amide bonds. The minimum Gasteiger partial charge on any atom is -0.497 e. The van der Waals surface area contributed by atoms with Crippen LogP contribution in [0.2, 0.25) is 0 Å². The molecular weight excluding hydrogens is 326 g/mol. The number of sulfonamides is 1. The van der Waals surface area contributed by atoms with E-state index in [1.165, 1.54) is 0 Å². The molecule has 0 spiro atoms. The highest BCUT2D eigenvalue weighted by atomic mass is 32.2. The average molecular weight is 347 g/mol. The molecule has 3 rings (SSSR count). The van der Waals surface area contributed by atoms with Crippen molar-refractivity contribution in [2.45, 2.75) is 23.8 Å². The van der Waals surface area contributed by atoms with E-state index in [1.807, 2.05) is 24.3 Å². The molecule has 1 heterocycles. The van der Waals surface area contributed by atoms with Gasteiger partial charge >= 0.3 is 0 Å². The predicted octanol–water partition coefficient (Wildman–Crippen LogP) is 3.23. The van der Waals surface area contributed by atoms with Gasteiger partial charge in [-0.3, -0.25) is 0 Å². The highest BCUT2D eigenvalue weighted by molar-refractivity contribution is 7.89. The fraction of sp³-hybridized carbons (Fsp3) is 0.333. The molecule has 0 bridgehead atoms. The molecule has 128 valence electrons. The molecule has 0 unspecified atom stereocenters. The fourth-order valence-electron chi connectivity index (χ4n) is 3.17. The van der Waals surface area contributed by atoms with Crippen molar-refractivity contribution < 1.29 is 17.9 Å². The molecule has 0 radical (unpaired) electrons. The summed E-state index contributed by atoms with van der Waals surface area (Å²) >= 11 is 0. The Morgan fingerprint density at radius 1 is 1.04 bits per heavy atom.